The van der Waals surface area contributed by atoms with E-state index in [9.17, 15) is 9.36 Å². The van der Waals surface area contributed by atoms with E-state index in [0.29, 0.717) is 0 Å². The number of carbonyl (C=O) groups excluding carboxylic acids is 1. The fourth-order valence-electron chi connectivity index (χ4n) is 0.669. The lowest BCUT2D eigenvalue weighted by molar-refractivity contribution is -0.150. The summed E-state index contributed by atoms with van der Waals surface area (Å²) in [7, 11) is -3.41. The Bertz CT molecular complexity index is 217. The molecular weight excluding hydrogens is 199 g/mol. The first-order chi connectivity index (χ1) is 6.16. The van der Waals surface area contributed by atoms with Crippen LogP contribution in [0.5, 0.6) is 0 Å². The van der Waals surface area contributed by atoms with Crippen molar-refractivity contribution in [2.45, 2.75) is 13.3 Å². The molecule has 0 amide bonds. The van der Waals surface area contributed by atoms with Crippen molar-refractivity contribution in [3.05, 3.63) is 0 Å². The summed E-state index contributed by atoms with van der Waals surface area (Å²) in [6.07, 6.45) is 0.245. The minimum atomic E-state index is -3.41. The van der Waals surface area contributed by atoms with Crippen LogP contribution in [0.3, 0.4) is 0 Å². The number of carbonyl (C=O) groups is 1. The van der Waals surface area contributed by atoms with Gasteiger partial charge >= 0.3 is 13.8 Å². The molecule has 1 heterocycles. The zero-order valence-electron chi connectivity index (χ0n) is 7.23. The van der Waals surface area contributed by atoms with Gasteiger partial charge in [0.25, 0.3) is 0 Å². The van der Waals surface area contributed by atoms with Crippen LogP contribution in [-0.2, 0) is 27.7 Å². The summed E-state index contributed by atoms with van der Waals surface area (Å²) in [6.45, 7) is 1.72. The lowest BCUT2D eigenvalue weighted by atomic mass is 10.5. The van der Waals surface area contributed by atoms with E-state index in [4.69, 9.17) is 0 Å². The van der Waals surface area contributed by atoms with Gasteiger partial charge in [0, 0.05) is 6.42 Å². The van der Waals surface area contributed by atoms with Crippen LogP contribution >= 0.6 is 7.82 Å². The zero-order chi connectivity index (χ0) is 9.73. The third-order valence-corrected chi connectivity index (χ3v) is 2.72. The number of phosphoric acid groups is 1. The Balaban J connectivity index is 2.18. The van der Waals surface area contributed by atoms with E-state index in [1.807, 2.05) is 0 Å². The summed E-state index contributed by atoms with van der Waals surface area (Å²) in [5.41, 5.74) is 0. The van der Waals surface area contributed by atoms with Gasteiger partial charge in [0.05, 0.1) is 13.2 Å². The van der Waals surface area contributed by atoms with Crippen molar-refractivity contribution in [3.8, 4) is 0 Å². The first kappa shape index (κ1) is 10.7. The Kier molecular flexibility index (Phi) is 3.87. The minimum Gasteiger partial charge on any atom is -0.438 e. The first-order valence-electron chi connectivity index (χ1n) is 3.85. The summed E-state index contributed by atoms with van der Waals surface area (Å²) in [5, 5.41) is 0. The molecule has 0 aromatic heterocycles. The summed E-state index contributed by atoms with van der Waals surface area (Å²) < 4.78 is 29.7. The molecule has 0 aliphatic carbocycles. The van der Waals surface area contributed by atoms with Gasteiger partial charge in [0.2, 0.25) is 6.79 Å². The van der Waals surface area contributed by atoms with Crippen molar-refractivity contribution < 1.29 is 27.7 Å². The van der Waals surface area contributed by atoms with Crippen molar-refractivity contribution in [1.29, 1.82) is 0 Å². The predicted octanol–water partition coefficient (Wildman–Crippen LogP) is 1.07. The zero-order valence-corrected chi connectivity index (χ0v) is 8.12. The van der Waals surface area contributed by atoms with Crippen LogP contribution in [-0.4, -0.2) is 26.0 Å². The largest absolute Gasteiger partial charge is 0.477 e. The van der Waals surface area contributed by atoms with E-state index in [1.54, 1.807) is 6.92 Å². The molecule has 0 unspecified atom stereocenters. The maximum Gasteiger partial charge on any atom is 0.477 e. The molecule has 76 valence electrons. The van der Waals surface area contributed by atoms with E-state index in [1.165, 1.54) is 0 Å². The fourth-order valence-corrected chi connectivity index (χ4v) is 1.67. The standard InChI is InChI=1S/C6H11O6P/c1-2-6(7)9-5-12-13(8)10-3-4-11-13/h2-5H2,1H3. The molecule has 0 aromatic carbocycles. The highest BCUT2D eigenvalue weighted by atomic mass is 31.2. The number of ether oxygens (including phenoxy) is 1. The molecule has 0 spiro atoms. The lowest BCUT2D eigenvalue weighted by Crippen LogP contribution is -2.06. The molecule has 0 N–H and O–H groups in total. The summed E-state index contributed by atoms with van der Waals surface area (Å²) in [5.74, 6) is -0.425. The third kappa shape index (κ3) is 3.44. The topological polar surface area (TPSA) is 71.1 Å². The van der Waals surface area contributed by atoms with Crippen molar-refractivity contribution in [2.24, 2.45) is 0 Å². The van der Waals surface area contributed by atoms with Gasteiger partial charge < -0.3 is 4.74 Å². The van der Waals surface area contributed by atoms with E-state index < -0.39 is 20.6 Å². The second-order valence-corrected chi connectivity index (χ2v) is 3.90. The van der Waals surface area contributed by atoms with Crippen molar-refractivity contribution in [1.82, 2.24) is 0 Å². The van der Waals surface area contributed by atoms with Gasteiger partial charge in [0.1, 0.15) is 0 Å². The normalized spacial score (nSPS) is 20.1. The SMILES string of the molecule is CCC(=O)OCOP1(=O)OCCO1. The molecule has 0 bridgehead atoms. The molecule has 1 saturated heterocycles. The molecule has 0 radical (unpaired) electrons. The molecule has 7 heteroatoms. The second kappa shape index (κ2) is 4.72. The minimum absolute atomic E-state index is 0.235. The third-order valence-electron chi connectivity index (χ3n) is 1.30. The Morgan fingerprint density at radius 3 is 2.62 bits per heavy atom. The number of esters is 1. The number of phosphoric ester groups is 1. The second-order valence-electron chi connectivity index (χ2n) is 2.23. The average Bonchev–Trinajstić information content (AvgIpc) is 2.52. The lowest BCUT2D eigenvalue weighted by Gasteiger charge is -2.08. The Hall–Kier alpha value is -0.420. The van der Waals surface area contributed by atoms with Gasteiger partial charge in [-0.25, -0.2) is 9.09 Å². The fraction of sp³-hybridized carbons (Fsp3) is 0.833. The molecule has 0 saturated carbocycles. The highest BCUT2D eigenvalue weighted by molar-refractivity contribution is 7.48. The maximum atomic E-state index is 11.2. The summed E-state index contributed by atoms with van der Waals surface area (Å²) in [4.78, 5) is 10.6. The van der Waals surface area contributed by atoms with Gasteiger partial charge in [-0.1, -0.05) is 6.92 Å². The number of hydrogen-bond donors (Lipinski definition) is 0. The number of hydrogen-bond acceptors (Lipinski definition) is 6. The molecule has 0 aromatic rings. The molecule has 13 heavy (non-hydrogen) atoms. The van der Waals surface area contributed by atoms with E-state index in [-0.39, 0.29) is 19.6 Å². The van der Waals surface area contributed by atoms with Gasteiger partial charge in [-0.2, -0.15) is 0 Å². The Morgan fingerprint density at radius 2 is 2.08 bits per heavy atom. The van der Waals surface area contributed by atoms with Crippen molar-refractivity contribution >= 4 is 13.8 Å². The highest BCUT2D eigenvalue weighted by Crippen LogP contribution is 2.52. The van der Waals surface area contributed by atoms with Gasteiger partial charge in [-0.3, -0.25) is 13.8 Å². The van der Waals surface area contributed by atoms with Gasteiger partial charge in [-0.05, 0) is 0 Å². The van der Waals surface area contributed by atoms with Crippen LogP contribution in [0.4, 0.5) is 0 Å². The van der Waals surface area contributed by atoms with Gasteiger partial charge in [-0.15, -0.1) is 0 Å². The average molecular weight is 210 g/mol. The van der Waals surface area contributed by atoms with Crippen LogP contribution in [0.1, 0.15) is 13.3 Å². The molecule has 6 nitrogen and oxygen atoms in total. The van der Waals surface area contributed by atoms with Crippen molar-refractivity contribution in [3.63, 3.8) is 0 Å². The van der Waals surface area contributed by atoms with E-state index >= 15 is 0 Å². The highest BCUT2D eigenvalue weighted by Gasteiger charge is 2.32. The van der Waals surface area contributed by atoms with E-state index in [0.717, 1.165) is 0 Å². The molecular formula is C6H11O6P. The van der Waals surface area contributed by atoms with Crippen LogP contribution in [0.25, 0.3) is 0 Å². The smallest absolute Gasteiger partial charge is 0.438 e. The Labute approximate surface area is 75.7 Å². The van der Waals surface area contributed by atoms with Crippen LogP contribution in [0, 0.1) is 0 Å². The van der Waals surface area contributed by atoms with Crippen LogP contribution in [0.2, 0.25) is 0 Å². The molecule has 1 rings (SSSR count). The maximum absolute atomic E-state index is 11.2. The quantitative estimate of drug-likeness (QED) is 0.392. The summed E-state index contributed by atoms with van der Waals surface area (Å²) >= 11 is 0. The van der Waals surface area contributed by atoms with Crippen molar-refractivity contribution in [2.75, 3.05) is 20.0 Å². The monoisotopic (exact) mass is 210 g/mol. The first-order valence-corrected chi connectivity index (χ1v) is 5.31. The van der Waals surface area contributed by atoms with Gasteiger partial charge in [0.15, 0.2) is 0 Å². The van der Waals surface area contributed by atoms with Crippen LogP contribution in [0.15, 0.2) is 0 Å². The molecule has 1 aliphatic rings. The Morgan fingerprint density at radius 1 is 1.46 bits per heavy atom. The molecule has 1 fully saturated rings. The van der Waals surface area contributed by atoms with E-state index in [2.05, 4.69) is 18.3 Å². The predicted molar refractivity (Wildman–Crippen MR) is 41.8 cm³/mol. The molecule has 1 aliphatic heterocycles. The number of rotatable bonds is 4. The molecule has 0 atom stereocenters. The summed E-state index contributed by atoms with van der Waals surface area (Å²) in [6, 6.07) is 0. The van der Waals surface area contributed by atoms with Crippen LogP contribution < -0.4 is 0 Å².